The summed E-state index contributed by atoms with van der Waals surface area (Å²) in [6, 6.07) is 38.5. The molecule has 0 radical (unpaired) electrons. The van der Waals surface area contributed by atoms with Crippen LogP contribution in [0.25, 0.3) is 32.7 Å². The molecule has 19 nitrogen and oxygen atoms in total. The Bertz CT molecular complexity index is 5040. The highest BCUT2D eigenvalue weighted by Gasteiger charge is 2.28. The summed E-state index contributed by atoms with van der Waals surface area (Å²) >= 11 is 16.3. The lowest BCUT2D eigenvalue weighted by atomic mass is 10.0. The molecule has 0 aliphatic heterocycles. The van der Waals surface area contributed by atoms with Gasteiger partial charge in [0, 0.05) is 108 Å². The molecule has 0 aliphatic rings. The summed E-state index contributed by atoms with van der Waals surface area (Å²) < 4.78 is 95.2. The molecule has 508 valence electrons. The van der Waals surface area contributed by atoms with Gasteiger partial charge in [-0.1, -0.05) is 99.8 Å². The highest BCUT2D eigenvalue weighted by atomic mass is 79.9. The number of hydrogen-bond acceptors (Lipinski definition) is 14. The first-order valence-electron chi connectivity index (χ1n) is 30.7. The number of carbonyl (C=O) groups excluding carboxylic acids is 2. The van der Waals surface area contributed by atoms with Crippen LogP contribution >= 0.6 is 39.1 Å². The third-order valence-corrected chi connectivity index (χ3v) is 21.6. The number of fused-ring (bicyclic) bond motifs is 3. The topological polar surface area (TPSA) is 227 Å². The van der Waals surface area contributed by atoms with Crippen molar-refractivity contribution in [3.05, 3.63) is 249 Å². The molecule has 0 fully saturated rings. The van der Waals surface area contributed by atoms with E-state index in [0.717, 1.165) is 60.7 Å². The standard InChI is InChI=1S/C28H30ClN3O4S.C23H22ClN3O2S.C21H24BrN3O4S/c1-19-8-10-21(25(29)13-19)14-20-9-11-24-22(17-31(5)27(33)36-28(2,3)4)18-32(26(24)15-20)37(34,35)23-7-6-12-30-16-23;1-16-5-7-18(22(24)10-16)11-17-6-8-21-19(13-25-2)15-27(23(21)12-17)30(28,29)20-4-3-9-26-14-20;1-21(2,3)29-20(26)24(4)13-16-14-25(19-10-15(11-22)7-8-18(16)19)30(27,28)17-6-5-9-23-12-17/h6-13,15-16,18H,14,17H2,1-5H3;3-10,12,14-15,25H,11,13H2,1-2H3;5-10,12,14H,11,13H2,1-4H3. The van der Waals surface area contributed by atoms with Crippen LogP contribution in [0.4, 0.5) is 9.59 Å². The van der Waals surface area contributed by atoms with Gasteiger partial charge in [-0.15, -0.1) is 0 Å². The van der Waals surface area contributed by atoms with Crippen molar-refractivity contribution < 1.29 is 44.3 Å². The molecule has 0 bridgehead atoms. The number of aryl methyl sites for hydroxylation is 2. The minimum atomic E-state index is -3.94. The fourth-order valence-electron chi connectivity index (χ4n) is 10.6. The zero-order valence-electron chi connectivity index (χ0n) is 55.6. The Morgan fingerprint density at radius 1 is 0.495 bits per heavy atom. The number of nitrogens with one attached hydrogen (secondary N) is 1. The summed E-state index contributed by atoms with van der Waals surface area (Å²) in [7, 11) is -6.47. The van der Waals surface area contributed by atoms with E-state index in [2.05, 4.69) is 36.2 Å². The number of hydrogen-bond donors (Lipinski definition) is 1. The highest BCUT2D eigenvalue weighted by Crippen LogP contribution is 2.34. The van der Waals surface area contributed by atoms with E-state index in [4.69, 9.17) is 32.7 Å². The molecule has 0 saturated carbocycles. The Kier molecular flexibility index (Phi) is 22.6. The zero-order valence-corrected chi connectivity index (χ0v) is 61.1. The molecule has 0 saturated heterocycles. The molecule has 0 spiro atoms. The Morgan fingerprint density at radius 3 is 1.15 bits per heavy atom. The van der Waals surface area contributed by atoms with E-state index in [-0.39, 0.29) is 27.8 Å². The van der Waals surface area contributed by atoms with Crippen molar-refractivity contribution in [2.75, 3.05) is 21.1 Å². The van der Waals surface area contributed by atoms with Crippen LogP contribution in [0.2, 0.25) is 10.0 Å². The van der Waals surface area contributed by atoms with Gasteiger partial charge in [0.05, 0.1) is 29.6 Å². The average Bonchev–Trinajstić information content (AvgIpc) is 1.64. The zero-order chi connectivity index (χ0) is 70.4. The van der Waals surface area contributed by atoms with Crippen molar-refractivity contribution in [2.45, 2.75) is 119 Å². The molecule has 1 N–H and O–H groups in total. The SMILES string of the molecule is CN(Cc1cn(S(=O)(=O)c2cccnc2)c2cc(CBr)ccc12)C(=O)OC(C)(C)C.CNCc1cn(S(=O)(=O)c2cccnc2)c2cc(Cc3ccc(C)cc3Cl)ccc12.Cc1ccc(Cc2ccc3c(CN(C)C(=O)OC(C)(C)C)cn(S(=O)(=O)c4cccnc4)c3c2)c(Cl)c1. The first-order valence-corrected chi connectivity index (χ1v) is 36.9. The normalized spacial score (nSPS) is 12.0. The number of ether oxygens (including phenoxy) is 2. The molecular weight excluding hydrogens is 1400 g/mol. The predicted molar refractivity (Wildman–Crippen MR) is 385 cm³/mol. The van der Waals surface area contributed by atoms with Crippen LogP contribution in [0, 0.1) is 13.8 Å². The molecule has 2 amide bonds. The molecule has 5 aromatic carbocycles. The van der Waals surface area contributed by atoms with Crippen LogP contribution in [0.3, 0.4) is 0 Å². The van der Waals surface area contributed by atoms with Gasteiger partial charge >= 0.3 is 12.2 Å². The molecule has 25 heteroatoms. The minimum absolute atomic E-state index is 0.0749. The number of rotatable bonds is 17. The average molecular weight is 1470 g/mol. The Hall–Kier alpha value is -8.42. The van der Waals surface area contributed by atoms with Crippen LogP contribution in [-0.4, -0.2) is 106 Å². The van der Waals surface area contributed by atoms with E-state index >= 15 is 0 Å². The van der Waals surface area contributed by atoms with Gasteiger partial charge in [-0.3, -0.25) is 15.0 Å². The smallest absolute Gasteiger partial charge is 0.410 e. The van der Waals surface area contributed by atoms with Crippen molar-refractivity contribution >= 4 is 114 Å². The van der Waals surface area contributed by atoms with Crippen molar-refractivity contribution in [3.63, 3.8) is 0 Å². The maximum absolute atomic E-state index is 13.6. The van der Waals surface area contributed by atoms with Crippen LogP contribution < -0.4 is 5.32 Å². The molecular formula is C72H76BrCl2N9O10S3. The highest BCUT2D eigenvalue weighted by molar-refractivity contribution is 9.08. The molecule has 97 heavy (non-hydrogen) atoms. The monoisotopic (exact) mass is 1470 g/mol. The second-order valence-electron chi connectivity index (χ2n) is 25.4. The molecule has 6 heterocycles. The van der Waals surface area contributed by atoms with Crippen molar-refractivity contribution in [2.24, 2.45) is 0 Å². The first-order chi connectivity index (χ1) is 45.8. The molecule has 0 unspecified atom stereocenters. The third kappa shape index (κ3) is 17.5. The first kappa shape index (κ1) is 72.8. The van der Waals surface area contributed by atoms with E-state index in [1.165, 1.54) is 64.8 Å². The van der Waals surface area contributed by atoms with Crippen LogP contribution in [-0.2, 0) is 77.3 Å². The van der Waals surface area contributed by atoms with Gasteiger partial charge in [-0.2, -0.15) is 0 Å². The van der Waals surface area contributed by atoms with E-state index in [1.807, 2.05) is 112 Å². The maximum atomic E-state index is 13.6. The number of nitrogens with zero attached hydrogens (tertiary/aromatic N) is 8. The third-order valence-electron chi connectivity index (χ3n) is 15.3. The number of amides is 2. The summed E-state index contributed by atoms with van der Waals surface area (Å²) in [4.78, 5) is 40.1. The number of carbonyl (C=O) groups is 2. The van der Waals surface area contributed by atoms with Gasteiger partial charge in [-0.05, 0) is 198 Å². The fourth-order valence-corrected chi connectivity index (χ4v) is 15.6. The number of alkyl halides is 1. The molecule has 11 rings (SSSR count). The van der Waals surface area contributed by atoms with Gasteiger partial charge in [-0.25, -0.2) is 46.8 Å². The summed E-state index contributed by atoms with van der Waals surface area (Å²) in [5, 5.41) is 7.45. The second-order valence-corrected chi connectivity index (χ2v) is 32.2. The number of pyridine rings is 3. The van der Waals surface area contributed by atoms with E-state index in [1.54, 1.807) is 105 Å². The molecule has 0 aliphatic carbocycles. The van der Waals surface area contributed by atoms with E-state index < -0.39 is 53.5 Å². The van der Waals surface area contributed by atoms with Gasteiger partial charge in [0.25, 0.3) is 30.1 Å². The number of halogens is 3. The number of benzene rings is 5. The summed E-state index contributed by atoms with van der Waals surface area (Å²) in [5.41, 5.74) is 9.70. The Morgan fingerprint density at radius 2 is 0.835 bits per heavy atom. The van der Waals surface area contributed by atoms with Gasteiger partial charge in [0.1, 0.15) is 25.9 Å². The summed E-state index contributed by atoms with van der Waals surface area (Å²) in [6.07, 6.45) is 13.6. The lowest BCUT2D eigenvalue weighted by molar-refractivity contribution is 0.0276. The Labute approximate surface area is 585 Å². The maximum Gasteiger partial charge on any atom is 0.410 e. The van der Waals surface area contributed by atoms with Crippen LogP contribution in [0.15, 0.2) is 198 Å². The molecule has 0 atom stereocenters. The lowest BCUT2D eigenvalue weighted by Crippen LogP contribution is -2.33. The van der Waals surface area contributed by atoms with Gasteiger partial charge < -0.3 is 24.6 Å². The minimum Gasteiger partial charge on any atom is -0.444 e. The number of aromatic nitrogens is 6. The van der Waals surface area contributed by atoms with Gasteiger partial charge in [0.2, 0.25) is 0 Å². The van der Waals surface area contributed by atoms with Crippen LogP contribution in [0.5, 0.6) is 0 Å². The molecule has 11 aromatic rings. The Balaban J connectivity index is 0.000000172. The largest absolute Gasteiger partial charge is 0.444 e. The fraction of sp³-hybridized carbons (Fsp3) is 0.264. The predicted octanol–water partition coefficient (Wildman–Crippen LogP) is 15.3. The summed E-state index contributed by atoms with van der Waals surface area (Å²) in [5.74, 6) is 0. The van der Waals surface area contributed by atoms with Gasteiger partial charge in [0.15, 0.2) is 0 Å². The quantitative estimate of drug-likeness (QED) is 0.0837. The van der Waals surface area contributed by atoms with Crippen molar-refractivity contribution in [3.8, 4) is 0 Å². The molecule has 6 aromatic heterocycles. The van der Waals surface area contributed by atoms with Crippen molar-refractivity contribution in [1.29, 1.82) is 0 Å². The van der Waals surface area contributed by atoms with E-state index in [0.29, 0.717) is 62.4 Å². The second kappa shape index (κ2) is 30.1. The van der Waals surface area contributed by atoms with Crippen molar-refractivity contribution in [1.82, 2.24) is 42.0 Å². The van der Waals surface area contributed by atoms with E-state index in [9.17, 15) is 34.8 Å². The lowest BCUT2D eigenvalue weighted by Gasteiger charge is -2.24. The van der Waals surface area contributed by atoms with Crippen LogP contribution in [0.1, 0.15) is 97.2 Å². The summed E-state index contributed by atoms with van der Waals surface area (Å²) in [6.45, 7) is 15.7.